The molecule has 0 radical (unpaired) electrons. The Morgan fingerprint density at radius 1 is 1.25 bits per heavy atom. The van der Waals surface area contributed by atoms with Crippen molar-refractivity contribution in [3.05, 3.63) is 52.5 Å². The van der Waals surface area contributed by atoms with E-state index in [1.54, 1.807) is 12.4 Å². The average molecular weight is 341 g/mol. The molecule has 5 nitrogen and oxygen atoms in total. The van der Waals surface area contributed by atoms with Gasteiger partial charge in [0.15, 0.2) is 0 Å². The molecule has 2 aliphatic rings. The lowest BCUT2D eigenvalue weighted by molar-refractivity contribution is -0.120. The van der Waals surface area contributed by atoms with Crippen molar-refractivity contribution in [3.8, 4) is 0 Å². The SMILES string of the molecule is O=C1C[C@H](c2ccncc2)C2(CCN(C(=O)c3cccs3)CC2)N1. The molecule has 0 unspecified atom stereocenters. The van der Waals surface area contributed by atoms with Crippen LogP contribution in [0.1, 0.15) is 40.4 Å². The number of aromatic nitrogens is 1. The second-order valence-electron chi connectivity index (χ2n) is 6.51. The molecule has 124 valence electrons. The van der Waals surface area contributed by atoms with Gasteiger partial charge in [-0.2, -0.15) is 0 Å². The normalized spacial score (nSPS) is 22.6. The summed E-state index contributed by atoms with van der Waals surface area (Å²) in [5.41, 5.74) is 0.923. The van der Waals surface area contributed by atoms with Crippen molar-refractivity contribution in [1.29, 1.82) is 0 Å². The fraction of sp³-hybridized carbons (Fsp3) is 0.389. The van der Waals surface area contributed by atoms with E-state index in [1.807, 2.05) is 34.5 Å². The topological polar surface area (TPSA) is 62.3 Å². The molecule has 2 fully saturated rings. The van der Waals surface area contributed by atoms with Gasteiger partial charge >= 0.3 is 0 Å². The second-order valence-corrected chi connectivity index (χ2v) is 7.46. The quantitative estimate of drug-likeness (QED) is 0.912. The van der Waals surface area contributed by atoms with Crippen LogP contribution in [-0.4, -0.2) is 40.3 Å². The number of carbonyl (C=O) groups excluding carboxylic acids is 2. The van der Waals surface area contributed by atoms with Crippen LogP contribution < -0.4 is 5.32 Å². The van der Waals surface area contributed by atoms with Crippen LogP contribution in [0, 0.1) is 0 Å². The van der Waals surface area contributed by atoms with E-state index < -0.39 is 0 Å². The molecule has 24 heavy (non-hydrogen) atoms. The van der Waals surface area contributed by atoms with Crippen LogP contribution in [0.25, 0.3) is 0 Å². The van der Waals surface area contributed by atoms with Crippen molar-refractivity contribution in [1.82, 2.24) is 15.2 Å². The van der Waals surface area contributed by atoms with Crippen molar-refractivity contribution in [3.63, 3.8) is 0 Å². The van der Waals surface area contributed by atoms with Crippen LogP contribution in [0.3, 0.4) is 0 Å². The summed E-state index contributed by atoms with van der Waals surface area (Å²) in [6, 6.07) is 7.76. The lowest BCUT2D eigenvalue weighted by Gasteiger charge is -2.42. The lowest BCUT2D eigenvalue weighted by Crippen LogP contribution is -2.54. The molecule has 1 N–H and O–H groups in total. The molecule has 1 atom stereocenters. The van der Waals surface area contributed by atoms with Gasteiger partial charge < -0.3 is 10.2 Å². The number of nitrogens with zero attached hydrogens (tertiary/aromatic N) is 2. The van der Waals surface area contributed by atoms with Crippen LogP contribution >= 0.6 is 11.3 Å². The zero-order chi connectivity index (χ0) is 16.6. The first-order valence-electron chi connectivity index (χ1n) is 8.22. The number of pyridine rings is 1. The van der Waals surface area contributed by atoms with Crippen molar-refractivity contribution in [2.24, 2.45) is 0 Å². The Morgan fingerprint density at radius 2 is 2.00 bits per heavy atom. The van der Waals surface area contributed by atoms with E-state index in [1.165, 1.54) is 11.3 Å². The highest BCUT2D eigenvalue weighted by Crippen LogP contribution is 2.43. The van der Waals surface area contributed by atoms with Crippen molar-refractivity contribution < 1.29 is 9.59 Å². The summed E-state index contributed by atoms with van der Waals surface area (Å²) < 4.78 is 0. The van der Waals surface area contributed by atoms with Crippen LogP contribution in [0.2, 0.25) is 0 Å². The molecule has 0 bridgehead atoms. The Labute approximate surface area is 144 Å². The zero-order valence-electron chi connectivity index (χ0n) is 13.3. The number of nitrogens with one attached hydrogen (secondary N) is 1. The Morgan fingerprint density at radius 3 is 2.67 bits per heavy atom. The minimum Gasteiger partial charge on any atom is -0.350 e. The smallest absolute Gasteiger partial charge is 0.263 e. The summed E-state index contributed by atoms with van der Waals surface area (Å²) in [7, 11) is 0. The number of rotatable bonds is 2. The number of likely N-dealkylation sites (tertiary alicyclic amines) is 1. The molecule has 2 aromatic heterocycles. The van der Waals surface area contributed by atoms with Crippen LogP contribution in [0.15, 0.2) is 42.0 Å². The van der Waals surface area contributed by atoms with Crippen molar-refractivity contribution in [2.75, 3.05) is 13.1 Å². The van der Waals surface area contributed by atoms with Gasteiger partial charge in [-0.15, -0.1) is 11.3 Å². The third-order valence-electron chi connectivity index (χ3n) is 5.23. The van der Waals surface area contributed by atoms with Gasteiger partial charge in [0.1, 0.15) is 0 Å². The first-order chi connectivity index (χ1) is 11.7. The third kappa shape index (κ3) is 2.60. The summed E-state index contributed by atoms with van der Waals surface area (Å²) in [4.78, 5) is 31.4. The molecular formula is C18H19N3O2S. The van der Waals surface area contributed by atoms with Gasteiger partial charge in [0.05, 0.1) is 10.4 Å². The van der Waals surface area contributed by atoms with E-state index in [0.717, 1.165) is 23.3 Å². The molecule has 2 amide bonds. The summed E-state index contributed by atoms with van der Waals surface area (Å²) in [6.07, 6.45) is 5.66. The largest absolute Gasteiger partial charge is 0.350 e. The summed E-state index contributed by atoms with van der Waals surface area (Å²) in [5, 5.41) is 5.14. The summed E-state index contributed by atoms with van der Waals surface area (Å²) in [6.45, 7) is 1.36. The molecule has 2 aliphatic heterocycles. The first kappa shape index (κ1) is 15.3. The maximum atomic E-state index is 12.5. The molecule has 2 aromatic rings. The Balaban J connectivity index is 1.52. The van der Waals surface area contributed by atoms with E-state index in [4.69, 9.17) is 0 Å². The predicted molar refractivity (Wildman–Crippen MR) is 91.9 cm³/mol. The summed E-state index contributed by atoms with van der Waals surface area (Å²) in [5.74, 6) is 0.367. The third-order valence-corrected chi connectivity index (χ3v) is 6.09. The van der Waals surface area contributed by atoms with E-state index in [0.29, 0.717) is 19.5 Å². The van der Waals surface area contributed by atoms with Crippen LogP contribution in [-0.2, 0) is 4.79 Å². The Bertz CT molecular complexity index is 737. The first-order valence-corrected chi connectivity index (χ1v) is 9.10. The van der Waals surface area contributed by atoms with Gasteiger partial charge in [0.25, 0.3) is 5.91 Å². The fourth-order valence-corrected chi connectivity index (χ4v) is 4.66. The van der Waals surface area contributed by atoms with Gasteiger partial charge in [0, 0.05) is 37.8 Å². The van der Waals surface area contributed by atoms with Gasteiger partial charge in [-0.25, -0.2) is 0 Å². The Kier molecular flexibility index (Phi) is 3.84. The predicted octanol–water partition coefficient (Wildman–Crippen LogP) is 2.42. The monoisotopic (exact) mass is 341 g/mol. The molecule has 1 spiro atoms. The second kappa shape index (κ2) is 6.02. The molecule has 0 saturated carbocycles. The van der Waals surface area contributed by atoms with Crippen molar-refractivity contribution in [2.45, 2.75) is 30.7 Å². The maximum Gasteiger partial charge on any atom is 0.263 e. The number of thiophene rings is 1. The van der Waals surface area contributed by atoms with E-state index in [2.05, 4.69) is 10.3 Å². The number of piperidine rings is 1. The molecule has 4 rings (SSSR count). The zero-order valence-corrected chi connectivity index (χ0v) is 14.1. The van der Waals surface area contributed by atoms with Gasteiger partial charge in [0.2, 0.25) is 5.91 Å². The lowest BCUT2D eigenvalue weighted by atomic mass is 9.74. The molecule has 0 aromatic carbocycles. The van der Waals surface area contributed by atoms with Gasteiger partial charge in [-0.05, 0) is 42.0 Å². The van der Waals surface area contributed by atoms with E-state index in [9.17, 15) is 9.59 Å². The highest BCUT2D eigenvalue weighted by Gasteiger charge is 2.49. The fourth-order valence-electron chi connectivity index (χ4n) is 3.97. The maximum absolute atomic E-state index is 12.5. The Hall–Kier alpha value is -2.21. The average Bonchev–Trinajstić information content (AvgIpc) is 3.24. The van der Waals surface area contributed by atoms with Gasteiger partial charge in [-0.1, -0.05) is 6.07 Å². The minimum absolute atomic E-state index is 0.102. The van der Waals surface area contributed by atoms with E-state index in [-0.39, 0.29) is 23.3 Å². The minimum atomic E-state index is -0.231. The molecular weight excluding hydrogens is 322 g/mol. The highest BCUT2D eigenvalue weighted by molar-refractivity contribution is 7.12. The van der Waals surface area contributed by atoms with Crippen molar-refractivity contribution >= 4 is 23.2 Å². The molecule has 0 aliphatic carbocycles. The summed E-state index contributed by atoms with van der Waals surface area (Å²) >= 11 is 1.48. The standard InChI is InChI=1S/C18H19N3O2S/c22-16-12-14(13-3-7-19-8-4-13)18(20-16)5-9-21(10-6-18)17(23)15-2-1-11-24-15/h1-4,7-8,11,14H,5-6,9-10,12H2,(H,20,22)/t14-/m1/s1. The highest BCUT2D eigenvalue weighted by atomic mass is 32.1. The number of carbonyl (C=O) groups is 2. The molecule has 6 heteroatoms. The van der Waals surface area contributed by atoms with Crippen LogP contribution in [0.4, 0.5) is 0 Å². The van der Waals surface area contributed by atoms with Gasteiger partial charge in [-0.3, -0.25) is 14.6 Å². The number of hydrogen-bond acceptors (Lipinski definition) is 4. The van der Waals surface area contributed by atoms with E-state index >= 15 is 0 Å². The van der Waals surface area contributed by atoms with Crippen LogP contribution in [0.5, 0.6) is 0 Å². The number of amides is 2. The number of hydrogen-bond donors (Lipinski definition) is 1. The molecule has 2 saturated heterocycles. The molecule has 4 heterocycles.